The fourth-order valence-electron chi connectivity index (χ4n) is 2.42. The molecule has 0 aliphatic rings. The highest BCUT2D eigenvalue weighted by molar-refractivity contribution is 5.89. The van der Waals surface area contributed by atoms with Gasteiger partial charge >= 0.3 is 5.97 Å². The molecule has 0 amide bonds. The van der Waals surface area contributed by atoms with Crippen molar-refractivity contribution in [2.75, 3.05) is 0 Å². The van der Waals surface area contributed by atoms with E-state index in [0.29, 0.717) is 17.2 Å². The lowest BCUT2D eigenvalue weighted by molar-refractivity contribution is 0.0626. The van der Waals surface area contributed by atoms with Crippen molar-refractivity contribution in [2.45, 2.75) is 26.7 Å². The van der Waals surface area contributed by atoms with Gasteiger partial charge in [0.1, 0.15) is 5.76 Å². The number of hydrogen-bond acceptors (Lipinski definition) is 2. The lowest BCUT2D eigenvalue weighted by Crippen LogP contribution is -2.03. The third kappa shape index (κ3) is 5.26. The highest BCUT2D eigenvalue weighted by Gasteiger charge is 2.07. The summed E-state index contributed by atoms with van der Waals surface area (Å²) in [4.78, 5) is 12.0. The molecule has 2 aromatic carbocycles. The quantitative estimate of drug-likeness (QED) is 0.414. The number of allylic oxidation sites excluding steroid dienone is 4. The molecule has 2 heteroatoms. The summed E-state index contributed by atoms with van der Waals surface area (Å²) in [5.74, 6) is 0.571. The summed E-state index contributed by atoms with van der Waals surface area (Å²) < 4.78 is 5.38. The first-order valence-corrected chi connectivity index (χ1v) is 7.75. The van der Waals surface area contributed by atoms with E-state index in [0.717, 1.165) is 5.57 Å². The van der Waals surface area contributed by atoms with Gasteiger partial charge in [0, 0.05) is 0 Å². The molecule has 1 atom stereocenters. The van der Waals surface area contributed by atoms with E-state index < -0.39 is 0 Å². The van der Waals surface area contributed by atoms with Gasteiger partial charge in [0.15, 0.2) is 0 Å². The Kier molecular flexibility index (Phi) is 5.93. The molecule has 0 saturated heterocycles. The topological polar surface area (TPSA) is 26.3 Å². The van der Waals surface area contributed by atoms with Crippen LogP contribution in [0.25, 0.3) is 0 Å². The van der Waals surface area contributed by atoms with Crippen molar-refractivity contribution < 1.29 is 9.53 Å². The standard InChI is InChI=1S/C21H22O2/c1-16(14-17(2)19-10-6-4-7-11-19)15-18(3)23-21(22)20-12-8-5-9-13-20/h4-15,17H,1-3H3/b16-14+,18-15-/t17-/m1/s1. The molecule has 0 heterocycles. The average molecular weight is 306 g/mol. The number of ether oxygens (including phenoxy) is 1. The number of rotatable bonds is 5. The van der Waals surface area contributed by atoms with Crippen LogP contribution < -0.4 is 0 Å². The predicted molar refractivity (Wildman–Crippen MR) is 94.2 cm³/mol. The summed E-state index contributed by atoms with van der Waals surface area (Å²) in [7, 11) is 0. The zero-order valence-electron chi connectivity index (χ0n) is 13.8. The fraction of sp³-hybridized carbons (Fsp3) is 0.190. The lowest BCUT2D eigenvalue weighted by Gasteiger charge is -2.08. The van der Waals surface area contributed by atoms with Crippen LogP contribution in [0.3, 0.4) is 0 Å². The number of carbonyl (C=O) groups is 1. The third-order valence-corrected chi connectivity index (χ3v) is 3.53. The maximum absolute atomic E-state index is 12.0. The minimum Gasteiger partial charge on any atom is -0.428 e. The highest BCUT2D eigenvalue weighted by atomic mass is 16.5. The molecule has 2 nitrogen and oxygen atoms in total. The van der Waals surface area contributed by atoms with Gasteiger partial charge in [-0.05, 0) is 43.5 Å². The molecule has 23 heavy (non-hydrogen) atoms. The molecule has 0 unspecified atom stereocenters. The second kappa shape index (κ2) is 8.14. The van der Waals surface area contributed by atoms with Gasteiger partial charge in [-0.3, -0.25) is 0 Å². The lowest BCUT2D eigenvalue weighted by atomic mass is 9.99. The average Bonchev–Trinajstić information content (AvgIpc) is 2.56. The molecule has 0 aromatic heterocycles. The molecular formula is C21H22O2. The molecular weight excluding hydrogens is 284 g/mol. The molecule has 0 spiro atoms. The molecule has 0 radical (unpaired) electrons. The van der Waals surface area contributed by atoms with Gasteiger partial charge in [-0.1, -0.05) is 67.1 Å². The second-order valence-electron chi connectivity index (χ2n) is 5.62. The van der Waals surface area contributed by atoms with Crippen molar-refractivity contribution >= 4 is 5.97 Å². The van der Waals surface area contributed by atoms with Gasteiger partial charge in [-0.15, -0.1) is 0 Å². The van der Waals surface area contributed by atoms with Gasteiger partial charge in [0.25, 0.3) is 0 Å². The van der Waals surface area contributed by atoms with Crippen molar-refractivity contribution in [2.24, 2.45) is 0 Å². The van der Waals surface area contributed by atoms with E-state index >= 15 is 0 Å². The molecule has 0 aliphatic heterocycles. The molecule has 2 rings (SSSR count). The van der Waals surface area contributed by atoms with E-state index in [1.807, 2.05) is 49.4 Å². The minimum atomic E-state index is -0.330. The van der Waals surface area contributed by atoms with Crippen LogP contribution in [0.15, 0.2) is 84.1 Å². The smallest absolute Gasteiger partial charge is 0.343 e. The van der Waals surface area contributed by atoms with Crippen molar-refractivity contribution in [3.63, 3.8) is 0 Å². The summed E-state index contributed by atoms with van der Waals surface area (Å²) in [5, 5.41) is 0. The molecule has 0 aliphatic carbocycles. The van der Waals surface area contributed by atoms with Crippen LogP contribution in [-0.4, -0.2) is 5.97 Å². The Morgan fingerprint density at radius 3 is 2.13 bits per heavy atom. The summed E-state index contributed by atoms with van der Waals surface area (Å²) in [5.41, 5.74) is 2.89. The Hall–Kier alpha value is -2.61. The van der Waals surface area contributed by atoms with E-state index in [-0.39, 0.29) is 5.97 Å². The normalized spacial score (nSPS) is 13.5. The van der Waals surface area contributed by atoms with Gasteiger partial charge < -0.3 is 4.74 Å². The van der Waals surface area contributed by atoms with Crippen LogP contribution >= 0.6 is 0 Å². The first-order chi connectivity index (χ1) is 11.1. The Morgan fingerprint density at radius 1 is 0.957 bits per heavy atom. The van der Waals surface area contributed by atoms with Gasteiger partial charge in [0.05, 0.1) is 5.56 Å². The van der Waals surface area contributed by atoms with Crippen molar-refractivity contribution in [3.05, 3.63) is 95.3 Å². The van der Waals surface area contributed by atoms with Crippen LogP contribution in [0.1, 0.15) is 42.6 Å². The molecule has 0 N–H and O–H groups in total. The minimum absolute atomic E-state index is 0.310. The molecule has 0 bridgehead atoms. The number of hydrogen-bond donors (Lipinski definition) is 0. The molecule has 0 fully saturated rings. The number of benzene rings is 2. The second-order valence-corrected chi connectivity index (χ2v) is 5.62. The zero-order chi connectivity index (χ0) is 16.7. The Balaban J connectivity index is 2.02. The molecule has 0 saturated carbocycles. The first kappa shape index (κ1) is 16.8. The maximum atomic E-state index is 12.0. The Bertz CT molecular complexity index is 697. The van der Waals surface area contributed by atoms with E-state index in [2.05, 4.69) is 25.1 Å². The van der Waals surface area contributed by atoms with Crippen molar-refractivity contribution in [1.82, 2.24) is 0 Å². The summed E-state index contributed by atoms with van der Waals surface area (Å²) >= 11 is 0. The van der Waals surface area contributed by atoms with Gasteiger partial charge in [-0.25, -0.2) is 4.79 Å². The SMILES string of the molecule is C/C(=C/C(C)=C/[C@@H](C)c1ccccc1)OC(=O)c1ccccc1. The largest absolute Gasteiger partial charge is 0.428 e. The molecule has 2 aromatic rings. The Morgan fingerprint density at radius 2 is 1.52 bits per heavy atom. The van der Waals surface area contributed by atoms with Crippen molar-refractivity contribution in [3.8, 4) is 0 Å². The summed E-state index contributed by atoms with van der Waals surface area (Å²) in [6.45, 7) is 5.96. The monoisotopic (exact) mass is 306 g/mol. The van der Waals surface area contributed by atoms with E-state index in [1.54, 1.807) is 19.1 Å². The third-order valence-electron chi connectivity index (χ3n) is 3.53. The maximum Gasteiger partial charge on any atom is 0.343 e. The van der Waals surface area contributed by atoms with Gasteiger partial charge in [-0.2, -0.15) is 0 Å². The number of esters is 1. The van der Waals surface area contributed by atoms with E-state index in [9.17, 15) is 4.79 Å². The summed E-state index contributed by atoms with van der Waals surface area (Å²) in [6.07, 6.45) is 4.05. The zero-order valence-corrected chi connectivity index (χ0v) is 13.8. The highest BCUT2D eigenvalue weighted by Crippen LogP contribution is 2.19. The van der Waals surface area contributed by atoms with Gasteiger partial charge in [0.2, 0.25) is 0 Å². The van der Waals surface area contributed by atoms with Crippen LogP contribution in [0.2, 0.25) is 0 Å². The fourth-order valence-corrected chi connectivity index (χ4v) is 2.42. The van der Waals surface area contributed by atoms with Crippen LogP contribution in [0, 0.1) is 0 Å². The van der Waals surface area contributed by atoms with Crippen molar-refractivity contribution in [1.29, 1.82) is 0 Å². The first-order valence-electron chi connectivity index (χ1n) is 7.75. The van der Waals surface area contributed by atoms with E-state index in [1.165, 1.54) is 5.56 Å². The summed E-state index contributed by atoms with van der Waals surface area (Å²) in [6, 6.07) is 19.3. The predicted octanol–water partition coefficient (Wildman–Crippen LogP) is 5.50. The van der Waals surface area contributed by atoms with Crippen LogP contribution in [-0.2, 0) is 4.74 Å². The van der Waals surface area contributed by atoms with Crippen LogP contribution in [0.5, 0.6) is 0 Å². The van der Waals surface area contributed by atoms with E-state index in [4.69, 9.17) is 4.74 Å². The Labute approximate surface area is 138 Å². The number of carbonyl (C=O) groups excluding carboxylic acids is 1. The molecule has 118 valence electrons. The van der Waals surface area contributed by atoms with Crippen LogP contribution in [0.4, 0.5) is 0 Å².